The first-order valence-corrected chi connectivity index (χ1v) is 11.8. The normalized spacial score (nSPS) is 15.0. The molecule has 0 radical (unpaired) electrons. The Labute approximate surface area is 209 Å². The fourth-order valence-corrected chi connectivity index (χ4v) is 4.26. The van der Waals surface area contributed by atoms with Gasteiger partial charge in [0.1, 0.15) is 18.2 Å². The van der Waals surface area contributed by atoms with Crippen LogP contribution in [0.15, 0.2) is 48.7 Å². The van der Waals surface area contributed by atoms with Gasteiger partial charge in [0.15, 0.2) is 0 Å². The molecule has 0 atom stereocenters. The van der Waals surface area contributed by atoms with E-state index in [1.807, 2.05) is 23.7 Å². The van der Waals surface area contributed by atoms with Crippen LogP contribution in [0, 0.1) is 5.82 Å². The Morgan fingerprint density at radius 2 is 2.06 bits per heavy atom. The number of carbonyl (C=O) groups excluding carboxylic acids is 1. The van der Waals surface area contributed by atoms with Gasteiger partial charge in [-0.1, -0.05) is 23.7 Å². The number of pyridine rings is 1. The molecule has 0 unspecified atom stereocenters. The fraction of sp³-hybridized carbons (Fsp3) is 0.346. The lowest BCUT2D eigenvalue weighted by molar-refractivity contribution is -0.134. The molecule has 9 heteroatoms. The van der Waals surface area contributed by atoms with Crippen LogP contribution >= 0.6 is 11.6 Å². The number of methoxy groups -OCH3 is 1. The molecule has 1 aliphatic heterocycles. The predicted molar refractivity (Wildman–Crippen MR) is 131 cm³/mol. The molecule has 4 rings (SSSR count). The lowest BCUT2D eigenvalue weighted by Gasteiger charge is -2.31. The van der Waals surface area contributed by atoms with Crippen LogP contribution in [-0.4, -0.2) is 45.6 Å². The lowest BCUT2D eigenvalue weighted by Crippen LogP contribution is -2.33. The smallest absolute Gasteiger partial charge is 0.330 e. The number of benzene rings is 1. The second kappa shape index (κ2) is 11.5. The molecule has 1 fully saturated rings. The van der Waals surface area contributed by atoms with Crippen molar-refractivity contribution in [2.75, 3.05) is 20.2 Å². The quantitative estimate of drug-likeness (QED) is 0.330. The molecule has 0 N–H and O–H groups in total. The number of piperidine rings is 1. The molecule has 0 bridgehead atoms. The summed E-state index contributed by atoms with van der Waals surface area (Å²) in [6, 6.07) is 10.3. The van der Waals surface area contributed by atoms with Gasteiger partial charge in [-0.15, -0.1) is 0 Å². The van der Waals surface area contributed by atoms with Gasteiger partial charge in [0, 0.05) is 41.4 Å². The summed E-state index contributed by atoms with van der Waals surface area (Å²) < 4.78 is 26.4. The van der Waals surface area contributed by atoms with Gasteiger partial charge in [0.05, 0.1) is 25.5 Å². The Kier molecular flexibility index (Phi) is 8.15. The van der Waals surface area contributed by atoms with Crippen molar-refractivity contribution >= 4 is 23.6 Å². The van der Waals surface area contributed by atoms with Crippen molar-refractivity contribution in [2.45, 2.75) is 31.9 Å². The summed E-state index contributed by atoms with van der Waals surface area (Å²) in [4.78, 5) is 22.9. The molecule has 184 valence electrons. The van der Waals surface area contributed by atoms with Gasteiger partial charge >= 0.3 is 5.97 Å². The topological polar surface area (TPSA) is 69.5 Å². The van der Waals surface area contributed by atoms with Crippen LogP contribution < -0.4 is 4.74 Å². The minimum absolute atomic E-state index is 0.0956. The first-order valence-electron chi connectivity index (χ1n) is 11.5. The zero-order chi connectivity index (χ0) is 24.8. The highest BCUT2D eigenvalue weighted by atomic mass is 35.5. The van der Waals surface area contributed by atoms with Gasteiger partial charge in [-0.3, -0.25) is 4.90 Å². The van der Waals surface area contributed by atoms with E-state index in [9.17, 15) is 9.18 Å². The van der Waals surface area contributed by atoms with Crippen molar-refractivity contribution in [1.82, 2.24) is 19.4 Å². The maximum absolute atomic E-state index is 14.0. The van der Waals surface area contributed by atoms with E-state index in [0.717, 1.165) is 49.7 Å². The Bertz CT molecular complexity index is 1210. The number of likely N-dealkylation sites (tertiary alicyclic amines) is 1. The first-order chi connectivity index (χ1) is 16.9. The van der Waals surface area contributed by atoms with E-state index in [1.165, 1.54) is 19.3 Å². The number of halogens is 2. The van der Waals surface area contributed by atoms with Crippen LogP contribution in [0.3, 0.4) is 0 Å². The predicted octanol–water partition coefficient (Wildman–Crippen LogP) is 4.75. The van der Waals surface area contributed by atoms with Crippen LogP contribution in [0.1, 0.15) is 41.5 Å². The Hall–Kier alpha value is -3.23. The van der Waals surface area contributed by atoms with Crippen LogP contribution in [0.4, 0.5) is 4.39 Å². The number of carbonyl (C=O) groups is 1. The molecule has 1 aliphatic rings. The SMILES string of the molecule is COC(=O)C=Cc1cnc(CN2CCC(c3cccc(OCc4ccc(Cl)cc4F)n3)CC2)n1C. The number of nitrogens with zero attached hydrogens (tertiary/aromatic N) is 4. The van der Waals surface area contributed by atoms with Gasteiger partial charge in [-0.2, -0.15) is 0 Å². The number of esters is 1. The standard InChI is InChI=1S/C26H28ClFN4O3/c1-31-21(8-9-26(33)34-2)15-29-24(31)16-32-12-10-18(11-13-32)23-4-3-5-25(30-23)35-17-19-6-7-20(27)14-22(19)28/h3-9,14-15,18H,10-13,16-17H2,1-2H3. The molecular formula is C26H28ClFN4O3. The van der Waals surface area contributed by atoms with E-state index >= 15 is 0 Å². The summed E-state index contributed by atoms with van der Waals surface area (Å²) in [5.41, 5.74) is 2.28. The third-order valence-electron chi connectivity index (χ3n) is 6.22. The molecule has 0 aliphatic carbocycles. The van der Waals surface area contributed by atoms with Gasteiger partial charge in [-0.05, 0) is 50.2 Å². The van der Waals surface area contributed by atoms with Gasteiger partial charge in [-0.25, -0.2) is 19.2 Å². The molecular weight excluding hydrogens is 471 g/mol. The summed E-state index contributed by atoms with van der Waals surface area (Å²) in [6.45, 7) is 2.68. The van der Waals surface area contributed by atoms with E-state index in [2.05, 4.69) is 19.6 Å². The highest BCUT2D eigenvalue weighted by Gasteiger charge is 2.23. The van der Waals surface area contributed by atoms with Crippen LogP contribution in [0.25, 0.3) is 6.08 Å². The Morgan fingerprint density at radius 1 is 1.26 bits per heavy atom. The Balaban J connectivity index is 1.31. The summed E-state index contributed by atoms with van der Waals surface area (Å²) in [5.74, 6) is 0.980. The molecule has 2 aromatic heterocycles. The van der Waals surface area contributed by atoms with Gasteiger partial charge in [0.2, 0.25) is 5.88 Å². The number of hydrogen-bond donors (Lipinski definition) is 0. The zero-order valence-electron chi connectivity index (χ0n) is 19.8. The van der Waals surface area contributed by atoms with Crippen molar-refractivity contribution in [3.8, 4) is 5.88 Å². The molecule has 0 spiro atoms. The van der Waals surface area contributed by atoms with Crippen molar-refractivity contribution in [3.63, 3.8) is 0 Å². The lowest BCUT2D eigenvalue weighted by atomic mass is 9.93. The van der Waals surface area contributed by atoms with Crippen LogP contribution in [0.2, 0.25) is 5.02 Å². The third kappa shape index (κ3) is 6.46. The number of hydrogen-bond acceptors (Lipinski definition) is 6. The van der Waals surface area contributed by atoms with Crippen LogP contribution in [0.5, 0.6) is 5.88 Å². The second-order valence-electron chi connectivity index (χ2n) is 8.49. The molecule has 0 saturated carbocycles. The van der Waals surface area contributed by atoms with Crippen LogP contribution in [-0.2, 0) is 29.7 Å². The van der Waals surface area contributed by atoms with Gasteiger partial charge in [0.25, 0.3) is 0 Å². The minimum Gasteiger partial charge on any atom is -0.473 e. The first kappa shape index (κ1) is 24.9. The van der Waals surface area contributed by atoms with E-state index in [-0.39, 0.29) is 12.4 Å². The highest BCUT2D eigenvalue weighted by Crippen LogP contribution is 2.29. The van der Waals surface area contributed by atoms with Crippen molar-refractivity contribution in [2.24, 2.45) is 7.05 Å². The molecule has 3 aromatic rings. The molecule has 0 amide bonds. The van der Waals surface area contributed by atoms with E-state index in [0.29, 0.717) is 22.4 Å². The largest absolute Gasteiger partial charge is 0.473 e. The number of ether oxygens (including phenoxy) is 2. The number of rotatable bonds is 8. The Morgan fingerprint density at radius 3 is 2.80 bits per heavy atom. The van der Waals surface area contributed by atoms with Gasteiger partial charge < -0.3 is 14.0 Å². The van der Waals surface area contributed by atoms with E-state index in [1.54, 1.807) is 30.5 Å². The zero-order valence-corrected chi connectivity index (χ0v) is 20.5. The summed E-state index contributed by atoms with van der Waals surface area (Å²) in [6.07, 6.45) is 6.80. The molecule has 3 heterocycles. The maximum atomic E-state index is 14.0. The average Bonchev–Trinajstić information content (AvgIpc) is 3.21. The summed E-state index contributed by atoms with van der Waals surface area (Å²) in [7, 11) is 3.30. The van der Waals surface area contributed by atoms with Crippen molar-refractivity contribution in [1.29, 1.82) is 0 Å². The van der Waals surface area contributed by atoms with Crippen molar-refractivity contribution in [3.05, 3.63) is 82.3 Å². The number of aromatic nitrogens is 3. The second-order valence-corrected chi connectivity index (χ2v) is 8.93. The number of imidazole rings is 1. The molecule has 1 saturated heterocycles. The van der Waals surface area contributed by atoms with Crippen molar-refractivity contribution < 1.29 is 18.7 Å². The van der Waals surface area contributed by atoms with E-state index in [4.69, 9.17) is 16.3 Å². The summed E-state index contributed by atoms with van der Waals surface area (Å²) in [5, 5.41) is 0.358. The minimum atomic E-state index is -0.393. The summed E-state index contributed by atoms with van der Waals surface area (Å²) >= 11 is 5.81. The third-order valence-corrected chi connectivity index (χ3v) is 6.45. The molecule has 35 heavy (non-hydrogen) atoms. The monoisotopic (exact) mass is 498 g/mol. The highest BCUT2D eigenvalue weighted by molar-refractivity contribution is 6.30. The average molecular weight is 499 g/mol. The molecule has 1 aromatic carbocycles. The fourth-order valence-electron chi connectivity index (χ4n) is 4.10. The van der Waals surface area contributed by atoms with E-state index < -0.39 is 5.97 Å². The maximum Gasteiger partial charge on any atom is 0.330 e. The molecule has 7 nitrogen and oxygen atoms in total.